The summed E-state index contributed by atoms with van der Waals surface area (Å²) in [5, 5.41) is 0.907. The van der Waals surface area contributed by atoms with E-state index in [9.17, 15) is 9.59 Å². The van der Waals surface area contributed by atoms with Crippen LogP contribution in [0, 0.1) is 13.8 Å². The molecule has 8 heteroatoms. The van der Waals surface area contributed by atoms with Crippen molar-refractivity contribution in [2.75, 3.05) is 26.2 Å². The van der Waals surface area contributed by atoms with Crippen molar-refractivity contribution in [2.45, 2.75) is 52.6 Å². The van der Waals surface area contributed by atoms with Gasteiger partial charge in [-0.2, -0.15) is 0 Å². The van der Waals surface area contributed by atoms with Gasteiger partial charge < -0.3 is 14.4 Å². The summed E-state index contributed by atoms with van der Waals surface area (Å²) in [6, 6.07) is 5.76. The fourth-order valence-electron chi connectivity index (χ4n) is 5.16. The molecule has 3 aromatic heterocycles. The molecule has 1 saturated heterocycles. The molecular formula is C26H31N5O2S. The van der Waals surface area contributed by atoms with E-state index in [0.29, 0.717) is 36.5 Å². The number of thiazole rings is 1. The first-order valence-corrected chi connectivity index (χ1v) is 12.9. The molecule has 0 saturated carbocycles. The minimum absolute atomic E-state index is 0.0327. The third-order valence-corrected chi connectivity index (χ3v) is 8.00. The number of amides is 1. The molecule has 0 atom stereocenters. The van der Waals surface area contributed by atoms with Gasteiger partial charge in [0.05, 0.1) is 10.7 Å². The number of fused-ring (bicyclic) bond motifs is 1. The maximum absolute atomic E-state index is 13.6. The quantitative estimate of drug-likeness (QED) is 0.561. The lowest BCUT2D eigenvalue weighted by Crippen LogP contribution is -2.41. The number of carbonyl (C=O) groups excluding carboxylic acids is 1. The number of aryl methyl sites for hydroxylation is 2. The topological polar surface area (TPSA) is 71.3 Å². The van der Waals surface area contributed by atoms with Gasteiger partial charge in [0.2, 0.25) is 0 Å². The van der Waals surface area contributed by atoms with E-state index in [1.807, 2.05) is 41.5 Å². The van der Waals surface area contributed by atoms with Gasteiger partial charge in [-0.15, -0.1) is 11.3 Å². The molecule has 2 aliphatic heterocycles. The molecule has 178 valence electrons. The van der Waals surface area contributed by atoms with E-state index >= 15 is 0 Å². The zero-order valence-electron chi connectivity index (χ0n) is 19.9. The largest absolute Gasteiger partial charge is 0.333 e. The average molecular weight is 478 g/mol. The molecular weight excluding hydrogens is 446 g/mol. The maximum atomic E-state index is 13.6. The van der Waals surface area contributed by atoms with Crippen LogP contribution in [0.1, 0.15) is 50.9 Å². The highest BCUT2D eigenvalue weighted by molar-refractivity contribution is 7.13. The Hall–Kier alpha value is -2.84. The summed E-state index contributed by atoms with van der Waals surface area (Å²) < 4.78 is 1.98. The second kappa shape index (κ2) is 9.80. The second-order valence-electron chi connectivity index (χ2n) is 9.25. The number of hydrogen-bond acceptors (Lipinski definition) is 6. The predicted octanol–water partition coefficient (Wildman–Crippen LogP) is 3.67. The summed E-state index contributed by atoms with van der Waals surface area (Å²) in [6.45, 7) is 8.73. The SMILES string of the molecule is Cc1nc(C)c(C(=O)N2CCc3c(cc(-c4ccncc4)c(=O)n3CCN3CCCCC3)C2)s1. The average Bonchev–Trinajstić information content (AvgIpc) is 3.21. The Morgan fingerprint density at radius 3 is 2.53 bits per heavy atom. The number of likely N-dealkylation sites (tertiary alicyclic amines) is 1. The summed E-state index contributed by atoms with van der Waals surface area (Å²) in [4.78, 5) is 40.6. The van der Waals surface area contributed by atoms with Gasteiger partial charge >= 0.3 is 0 Å². The molecule has 0 N–H and O–H groups in total. The molecule has 1 amide bonds. The summed E-state index contributed by atoms with van der Waals surface area (Å²) in [7, 11) is 0. The zero-order valence-corrected chi connectivity index (χ0v) is 20.7. The van der Waals surface area contributed by atoms with Crippen LogP contribution in [0.4, 0.5) is 0 Å². The Kier molecular flexibility index (Phi) is 6.61. The molecule has 0 radical (unpaired) electrons. The van der Waals surface area contributed by atoms with E-state index in [1.54, 1.807) is 12.4 Å². The molecule has 3 aromatic rings. The zero-order chi connectivity index (χ0) is 23.7. The number of rotatable bonds is 5. The normalized spacial score (nSPS) is 16.5. The van der Waals surface area contributed by atoms with Crippen molar-refractivity contribution in [3.05, 3.63) is 67.8 Å². The minimum atomic E-state index is 0.0327. The first-order valence-electron chi connectivity index (χ1n) is 12.1. The van der Waals surface area contributed by atoms with Crippen molar-refractivity contribution in [1.82, 2.24) is 24.3 Å². The predicted molar refractivity (Wildman–Crippen MR) is 134 cm³/mol. The van der Waals surface area contributed by atoms with Crippen LogP contribution in [-0.4, -0.2) is 56.4 Å². The smallest absolute Gasteiger partial charge is 0.266 e. The number of carbonyl (C=O) groups is 1. The highest BCUT2D eigenvalue weighted by Crippen LogP contribution is 2.27. The van der Waals surface area contributed by atoms with E-state index in [4.69, 9.17) is 0 Å². The van der Waals surface area contributed by atoms with Crippen molar-refractivity contribution in [3.63, 3.8) is 0 Å². The van der Waals surface area contributed by atoms with Gasteiger partial charge in [0.25, 0.3) is 11.5 Å². The van der Waals surface area contributed by atoms with Crippen molar-refractivity contribution in [1.29, 1.82) is 0 Å². The third-order valence-electron chi connectivity index (χ3n) is 6.94. The first kappa shape index (κ1) is 22.9. The standard InChI is InChI=1S/C26H31N5O2S/c1-18-24(34-19(2)28-18)26(33)30-13-8-23-21(17-30)16-22(20-6-9-27-10-7-20)25(32)31(23)15-14-29-11-4-3-5-12-29/h6-7,9-10,16H,3-5,8,11-15,17H2,1-2H3. The number of nitrogens with zero attached hydrogens (tertiary/aromatic N) is 5. The van der Waals surface area contributed by atoms with Crippen LogP contribution < -0.4 is 5.56 Å². The van der Waals surface area contributed by atoms with Gasteiger partial charge in [0, 0.05) is 56.3 Å². The third kappa shape index (κ3) is 4.57. The number of piperidine rings is 1. The van der Waals surface area contributed by atoms with Gasteiger partial charge in [0.15, 0.2) is 0 Å². The fraction of sp³-hybridized carbons (Fsp3) is 0.462. The minimum Gasteiger partial charge on any atom is -0.333 e. The van der Waals surface area contributed by atoms with Gasteiger partial charge in [-0.3, -0.25) is 14.6 Å². The summed E-state index contributed by atoms with van der Waals surface area (Å²) in [5.74, 6) is 0.0327. The van der Waals surface area contributed by atoms with Crippen molar-refractivity contribution in [3.8, 4) is 11.1 Å². The van der Waals surface area contributed by atoms with E-state index in [0.717, 1.165) is 47.2 Å². The molecule has 1 fully saturated rings. The Morgan fingerprint density at radius 1 is 1.06 bits per heavy atom. The van der Waals surface area contributed by atoms with Crippen LogP contribution in [0.5, 0.6) is 0 Å². The lowest BCUT2D eigenvalue weighted by Gasteiger charge is -2.32. The van der Waals surface area contributed by atoms with Gasteiger partial charge in [-0.25, -0.2) is 4.98 Å². The number of hydrogen-bond donors (Lipinski definition) is 0. The Morgan fingerprint density at radius 2 is 1.82 bits per heavy atom. The van der Waals surface area contributed by atoms with E-state index in [-0.39, 0.29) is 11.5 Å². The first-order chi connectivity index (χ1) is 16.5. The van der Waals surface area contributed by atoms with Crippen LogP contribution in [0.3, 0.4) is 0 Å². The molecule has 5 heterocycles. The fourth-order valence-corrected chi connectivity index (χ4v) is 6.05. The van der Waals surface area contributed by atoms with E-state index in [2.05, 4.69) is 14.9 Å². The molecule has 2 aliphatic rings. The van der Waals surface area contributed by atoms with Crippen LogP contribution in [0.25, 0.3) is 11.1 Å². The van der Waals surface area contributed by atoms with Gasteiger partial charge in [-0.05, 0) is 69.1 Å². The monoisotopic (exact) mass is 477 g/mol. The maximum Gasteiger partial charge on any atom is 0.266 e. The highest BCUT2D eigenvalue weighted by atomic mass is 32.1. The molecule has 0 spiro atoms. The van der Waals surface area contributed by atoms with E-state index < -0.39 is 0 Å². The van der Waals surface area contributed by atoms with Crippen LogP contribution in [0.2, 0.25) is 0 Å². The summed E-state index contributed by atoms with van der Waals surface area (Å²) in [5.41, 5.74) is 4.52. The molecule has 0 aliphatic carbocycles. The van der Waals surface area contributed by atoms with Crippen molar-refractivity contribution in [2.24, 2.45) is 0 Å². The number of aromatic nitrogens is 3. The van der Waals surface area contributed by atoms with Crippen molar-refractivity contribution >= 4 is 17.2 Å². The Bertz CT molecular complexity index is 1240. The molecule has 34 heavy (non-hydrogen) atoms. The molecule has 0 bridgehead atoms. The van der Waals surface area contributed by atoms with Crippen LogP contribution >= 0.6 is 11.3 Å². The van der Waals surface area contributed by atoms with Crippen LogP contribution in [-0.2, 0) is 19.5 Å². The molecule has 0 unspecified atom stereocenters. The second-order valence-corrected chi connectivity index (χ2v) is 10.5. The molecule has 7 nitrogen and oxygen atoms in total. The van der Waals surface area contributed by atoms with Crippen molar-refractivity contribution < 1.29 is 4.79 Å². The van der Waals surface area contributed by atoms with Gasteiger partial charge in [-0.1, -0.05) is 6.42 Å². The van der Waals surface area contributed by atoms with Gasteiger partial charge in [0.1, 0.15) is 4.88 Å². The lowest BCUT2D eigenvalue weighted by molar-refractivity contribution is 0.0735. The Balaban J connectivity index is 1.49. The number of pyridine rings is 2. The Labute approximate surface area is 204 Å². The summed E-state index contributed by atoms with van der Waals surface area (Å²) in [6.07, 6.45) is 7.89. The summed E-state index contributed by atoms with van der Waals surface area (Å²) >= 11 is 1.46. The molecule has 0 aromatic carbocycles. The highest BCUT2D eigenvalue weighted by Gasteiger charge is 2.28. The lowest BCUT2D eigenvalue weighted by atomic mass is 9.99. The van der Waals surface area contributed by atoms with Crippen LogP contribution in [0.15, 0.2) is 35.4 Å². The van der Waals surface area contributed by atoms with E-state index in [1.165, 1.54) is 30.6 Å². The molecule has 5 rings (SSSR count).